The number of nitrogen functional groups attached to an aromatic ring is 1. The molecule has 1 aromatic rings. The van der Waals surface area contributed by atoms with Crippen LogP contribution in [-0.2, 0) is 9.47 Å². The first-order valence-electron chi connectivity index (χ1n) is 8.86. The van der Waals surface area contributed by atoms with Crippen LogP contribution in [0.15, 0.2) is 6.33 Å². The number of nitrogens with one attached hydrogen (secondary N) is 1. The number of anilines is 3. The minimum absolute atomic E-state index is 0.448. The molecule has 0 spiro atoms. The van der Waals surface area contributed by atoms with E-state index in [4.69, 9.17) is 15.2 Å². The van der Waals surface area contributed by atoms with Crippen LogP contribution in [-0.4, -0.2) is 56.5 Å². The van der Waals surface area contributed by atoms with Crippen LogP contribution >= 0.6 is 0 Å². The van der Waals surface area contributed by atoms with E-state index in [9.17, 15) is 0 Å². The summed E-state index contributed by atoms with van der Waals surface area (Å²) in [5.41, 5.74) is 6.98. The summed E-state index contributed by atoms with van der Waals surface area (Å²) in [4.78, 5) is 10.9. The minimum Gasteiger partial charge on any atom is -0.393 e. The number of hydrogen-bond donors (Lipinski definition) is 2. The second-order valence-electron chi connectivity index (χ2n) is 6.27. The van der Waals surface area contributed by atoms with E-state index in [0.29, 0.717) is 38.0 Å². The van der Waals surface area contributed by atoms with Crippen LogP contribution in [0.25, 0.3) is 0 Å². The van der Waals surface area contributed by atoms with Gasteiger partial charge in [-0.05, 0) is 12.8 Å². The molecule has 0 unspecified atom stereocenters. The summed E-state index contributed by atoms with van der Waals surface area (Å²) in [7, 11) is 3.38. The molecule has 0 aromatic carbocycles. The minimum atomic E-state index is 0.448. The number of nitrogens with two attached hydrogens (primary N) is 1. The third-order valence-electron chi connectivity index (χ3n) is 4.49. The predicted molar refractivity (Wildman–Crippen MR) is 97.5 cm³/mol. The van der Waals surface area contributed by atoms with E-state index in [1.165, 1.54) is 38.5 Å². The average Bonchev–Trinajstić information content (AvgIpc) is 2.86. The SMILES string of the molecule is COCCN(CCOC)c1ncnc(NC2CCCCCC2)c1N. The summed E-state index contributed by atoms with van der Waals surface area (Å²) in [5.74, 6) is 1.49. The zero-order valence-electron chi connectivity index (χ0n) is 15.0. The van der Waals surface area contributed by atoms with Gasteiger partial charge in [-0.3, -0.25) is 0 Å². The Hall–Kier alpha value is -1.60. The van der Waals surface area contributed by atoms with Crippen LogP contribution in [0.2, 0.25) is 0 Å². The van der Waals surface area contributed by atoms with E-state index in [0.717, 1.165) is 11.6 Å². The largest absolute Gasteiger partial charge is 0.393 e. The lowest BCUT2D eigenvalue weighted by Gasteiger charge is -2.26. The van der Waals surface area contributed by atoms with Gasteiger partial charge in [-0.2, -0.15) is 0 Å². The molecule has 0 atom stereocenters. The molecule has 0 radical (unpaired) electrons. The van der Waals surface area contributed by atoms with Gasteiger partial charge in [0.25, 0.3) is 0 Å². The summed E-state index contributed by atoms with van der Waals surface area (Å²) in [5, 5.41) is 3.53. The highest BCUT2D eigenvalue weighted by molar-refractivity contribution is 5.75. The molecule has 0 amide bonds. The molecule has 0 bridgehead atoms. The number of nitrogens with zero attached hydrogens (tertiary/aromatic N) is 3. The maximum Gasteiger partial charge on any atom is 0.157 e. The van der Waals surface area contributed by atoms with Gasteiger partial charge >= 0.3 is 0 Å². The Kier molecular flexibility index (Phi) is 8.04. The number of methoxy groups -OCH3 is 2. The van der Waals surface area contributed by atoms with Crippen LogP contribution in [0.5, 0.6) is 0 Å². The molecular formula is C17H31N5O2. The van der Waals surface area contributed by atoms with E-state index < -0.39 is 0 Å². The number of hydrogen-bond acceptors (Lipinski definition) is 7. The van der Waals surface area contributed by atoms with Crippen LogP contribution < -0.4 is 16.0 Å². The molecule has 1 aliphatic carbocycles. The molecule has 7 heteroatoms. The lowest BCUT2D eigenvalue weighted by molar-refractivity contribution is 0.190. The summed E-state index contributed by atoms with van der Waals surface area (Å²) in [6.45, 7) is 2.64. The van der Waals surface area contributed by atoms with Crippen molar-refractivity contribution in [3.8, 4) is 0 Å². The first-order chi connectivity index (χ1) is 11.8. The summed E-state index contributed by atoms with van der Waals surface area (Å²) in [6, 6.07) is 0.448. The zero-order chi connectivity index (χ0) is 17.2. The van der Waals surface area contributed by atoms with Crippen molar-refractivity contribution in [1.82, 2.24) is 9.97 Å². The van der Waals surface area contributed by atoms with E-state index in [2.05, 4.69) is 20.2 Å². The van der Waals surface area contributed by atoms with Gasteiger partial charge in [-0.25, -0.2) is 9.97 Å². The molecule has 0 saturated heterocycles. The maximum absolute atomic E-state index is 6.37. The Bertz CT molecular complexity index is 470. The first kappa shape index (κ1) is 18.7. The highest BCUT2D eigenvalue weighted by atomic mass is 16.5. The Labute approximate surface area is 144 Å². The molecule has 3 N–H and O–H groups in total. The van der Waals surface area contributed by atoms with E-state index in [1.807, 2.05) is 0 Å². The van der Waals surface area contributed by atoms with Crippen molar-refractivity contribution in [2.45, 2.75) is 44.6 Å². The molecule has 1 saturated carbocycles. The molecule has 0 aliphatic heterocycles. The number of aromatic nitrogens is 2. The third kappa shape index (κ3) is 5.49. The molecule has 1 heterocycles. The molecule has 1 aromatic heterocycles. The van der Waals surface area contributed by atoms with Crippen molar-refractivity contribution < 1.29 is 9.47 Å². The quantitative estimate of drug-likeness (QED) is 0.669. The first-order valence-corrected chi connectivity index (χ1v) is 8.86. The second kappa shape index (κ2) is 10.3. The average molecular weight is 337 g/mol. The van der Waals surface area contributed by atoms with Crippen LogP contribution in [0, 0.1) is 0 Å². The Morgan fingerprint density at radius 3 is 2.29 bits per heavy atom. The van der Waals surface area contributed by atoms with E-state index in [1.54, 1.807) is 20.5 Å². The highest BCUT2D eigenvalue weighted by Crippen LogP contribution is 2.28. The standard InChI is InChI=1S/C17H31N5O2/c1-23-11-9-22(10-12-24-2)17-15(18)16(19-13-20-17)21-14-7-5-3-4-6-8-14/h13-14H,3-12,18H2,1-2H3,(H,19,20,21). The summed E-state index contributed by atoms with van der Waals surface area (Å²) >= 11 is 0. The molecule has 136 valence electrons. The van der Waals surface area contributed by atoms with Gasteiger partial charge in [-0.1, -0.05) is 25.7 Å². The van der Waals surface area contributed by atoms with Crippen molar-refractivity contribution in [1.29, 1.82) is 0 Å². The van der Waals surface area contributed by atoms with Crippen molar-refractivity contribution in [3.63, 3.8) is 0 Å². The maximum atomic E-state index is 6.37. The summed E-state index contributed by atoms with van der Waals surface area (Å²) < 4.78 is 10.4. The van der Waals surface area contributed by atoms with Gasteiger partial charge in [0.1, 0.15) is 12.0 Å². The Morgan fingerprint density at radius 1 is 1.08 bits per heavy atom. The van der Waals surface area contributed by atoms with Crippen molar-refractivity contribution >= 4 is 17.3 Å². The van der Waals surface area contributed by atoms with Crippen LogP contribution in [0.3, 0.4) is 0 Å². The lowest BCUT2D eigenvalue weighted by Crippen LogP contribution is -2.32. The number of rotatable bonds is 9. The van der Waals surface area contributed by atoms with E-state index in [-0.39, 0.29) is 0 Å². The van der Waals surface area contributed by atoms with Gasteiger partial charge in [-0.15, -0.1) is 0 Å². The molecule has 24 heavy (non-hydrogen) atoms. The number of ether oxygens (including phenoxy) is 2. The zero-order valence-corrected chi connectivity index (χ0v) is 15.0. The van der Waals surface area contributed by atoms with Crippen molar-refractivity contribution in [3.05, 3.63) is 6.33 Å². The molecule has 1 fully saturated rings. The Balaban J connectivity index is 2.11. The fourth-order valence-electron chi connectivity index (χ4n) is 3.10. The van der Waals surface area contributed by atoms with Gasteiger partial charge in [0.15, 0.2) is 11.6 Å². The topological polar surface area (TPSA) is 85.5 Å². The van der Waals surface area contributed by atoms with Gasteiger partial charge < -0.3 is 25.4 Å². The summed E-state index contributed by atoms with van der Waals surface area (Å²) in [6.07, 6.45) is 9.12. The predicted octanol–water partition coefficient (Wildman–Crippen LogP) is 2.29. The molecule has 2 rings (SSSR count). The van der Waals surface area contributed by atoms with Gasteiger partial charge in [0.05, 0.1) is 13.2 Å². The Morgan fingerprint density at radius 2 is 1.71 bits per heavy atom. The molecule has 7 nitrogen and oxygen atoms in total. The normalized spacial score (nSPS) is 15.9. The van der Waals surface area contributed by atoms with Crippen LogP contribution in [0.4, 0.5) is 17.3 Å². The highest BCUT2D eigenvalue weighted by Gasteiger charge is 2.18. The third-order valence-corrected chi connectivity index (χ3v) is 4.49. The van der Waals surface area contributed by atoms with Crippen molar-refractivity contribution in [2.24, 2.45) is 0 Å². The lowest BCUT2D eigenvalue weighted by atomic mass is 10.1. The van der Waals surface area contributed by atoms with E-state index >= 15 is 0 Å². The van der Waals surface area contributed by atoms with Crippen molar-refractivity contribution in [2.75, 3.05) is 56.5 Å². The fourth-order valence-corrected chi connectivity index (χ4v) is 3.10. The van der Waals surface area contributed by atoms with Gasteiger partial charge in [0, 0.05) is 33.4 Å². The van der Waals surface area contributed by atoms with Crippen LogP contribution in [0.1, 0.15) is 38.5 Å². The second-order valence-corrected chi connectivity index (χ2v) is 6.27. The molecular weight excluding hydrogens is 306 g/mol. The smallest absolute Gasteiger partial charge is 0.157 e. The fraction of sp³-hybridized carbons (Fsp3) is 0.765. The van der Waals surface area contributed by atoms with Gasteiger partial charge in [0.2, 0.25) is 0 Å². The molecule has 1 aliphatic rings. The monoisotopic (exact) mass is 337 g/mol.